The van der Waals surface area contributed by atoms with Crippen LogP contribution < -0.4 is 16.3 Å². The molecule has 8 heteroatoms. The Morgan fingerprint density at radius 3 is 2.26 bits per heavy atom. The summed E-state index contributed by atoms with van der Waals surface area (Å²) in [6.45, 7) is 11.6. The van der Waals surface area contributed by atoms with Gasteiger partial charge < -0.3 is 19.8 Å². The molecule has 0 radical (unpaired) electrons. The number of fused-ring (bicyclic) bond motifs is 1. The zero-order valence-corrected chi connectivity index (χ0v) is 19.4. The minimum absolute atomic E-state index is 0.0261. The molecule has 1 heterocycles. The van der Waals surface area contributed by atoms with Crippen molar-refractivity contribution in [2.75, 3.05) is 12.4 Å². The van der Waals surface area contributed by atoms with Gasteiger partial charge in [0.25, 0.3) is 6.01 Å². The second-order valence-electron chi connectivity index (χ2n) is 8.82. The van der Waals surface area contributed by atoms with E-state index < -0.39 is 23.7 Å². The average Bonchev–Trinajstić information content (AvgIpc) is 2.64. The molecular weight excluding hydrogens is 398 g/mol. The zero-order chi connectivity index (χ0) is 23.3. The summed E-state index contributed by atoms with van der Waals surface area (Å²) in [5.41, 5.74) is 1.75. The molecule has 2 N–H and O–H groups in total. The predicted octanol–water partition coefficient (Wildman–Crippen LogP) is 3.34. The topological polar surface area (TPSA) is 111 Å². The number of nitrogens with one attached hydrogen (secondary N) is 2. The van der Waals surface area contributed by atoms with Crippen molar-refractivity contribution in [2.24, 2.45) is 11.8 Å². The minimum Gasteiger partial charge on any atom is -0.467 e. The highest BCUT2D eigenvalue weighted by Gasteiger charge is 2.28. The Bertz CT molecular complexity index is 997. The van der Waals surface area contributed by atoms with Crippen LogP contribution in [0.2, 0.25) is 0 Å². The van der Waals surface area contributed by atoms with Crippen LogP contribution in [0.1, 0.15) is 51.7 Å². The Balaban J connectivity index is 2.33. The fraction of sp³-hybridized carbons (Fsp3) is 0.565. The van der Waals surface area contributed by atoms with Crippen molar-refractivity contribution in [1.29, 1.82) is 0 Å². The molecule has 1 aromatic heterocycles. The molecule has 0 aliphatic carbocycles. The molecule has 0 unspecified atom stereocenters. The summed E-state index contributed by atoms with van der Waals surface area (Å²) in [5.74, 6) is -0.518. The summed E-state index contributed by atoms with van der Waals surface area (Å²) in [7, 11) is 1.29. The van der Waals surface area contributed by atoms with Crippen molar-refractivity contribution >= 4 is 28.8 Å². The summed E-state index contributed by atoms with van der Waals surface area (Å²) in [6.07, 6.45) is 0.909. The number of ether oxygens (including phenoxy) is 1. The maximum absolute atomic E-state index is 13.0. The van der Waals surface area contributed by atoms with Gasteiger partial charge in [-0.1, -0.05) is 33.8 Å². The average molecular weight is 432 g/mol. The Labute approximate surface area is 182 Å². The third-order valence-electron chi connectivity index (χ3n) is 4.91. The van der Waals surface area contributed by atoms with Gasteiger partial charge in [0, 0.05) is 0 Å². The van der Waals surface area contributed by atoms with Crippen LogP contribution in [-0.2, 0) is 14.3 Å². The largest absolute Gasteiger partial charge is 0.467 e. The standard InChI is InChI=1S/C23H33N3O5/c1-12(2)8-17(20(27)24-18(9-13(3)4)21(28)30-7)26-23-25-16-11-14(5)10-15(6)19(16)22(29)31-23/h10-13,17-18H,8-9H2,1-7H3,(H,24,27)(H,25,26)/t17-,18+/m1/s1. The number of benzene rings is 1. The SMILES string of the molecule is COC(=O)[C@H](CC(C)C)NC(=O)[C@@H](CC(C)C)Nc1nc2cc(C)cc(C)c2c(=O)o1. The van der Waals surface area contributed by atoms with Crippen molar-refractivity contribution in [2.45, 2.75) is 66.5 Å². The molecule has 8 nitrogen and oxygen atoms in total. The van der Waals surface area contributed by atoms with Gasteiger partial charge in [0.1, 0.15) is 12.1 Å². The highest BCUT2D eigenvalue weighted by Crippen LogP contribution is 2.19. The van der Waals surface area contributed by atoms with Crippen LogP contribution in [0, 0.1) is 25.7 Å². The van der Waals surface area contributed by atoms with Crippen LogP contribution in [0.4, 0.5) is 6.01 Å². The molecule has 0 bridgehead atoms. The highest BCUT2D eigenvalue weighted by atomic mass is 16.5. The van der Waals surface area contributed by atoms with Crippen LogP contribution in [0.15, 0.2) is 21.3 Å². The molecule has 0 fully saturated rings. The van der Waals surface area contributed by atoms with E-state index in [0.717, 1.165) is 11.1 Å². The maximum atomic E-state index is 13.0. The number of carbonyl (C=O) groups excluding carboxylic acids is 2. The highest BCUT2D eigenvalue weighted by molar-refractivity contribution is 5.89. The molecule has 1 amide bonds. The summed E-state index contributed by atoms with van der Waals surface area (Å²) >= 11 is 0. The van der Waals surface area contributed by atoms with Gasteiger partial charge in [-0.05, 0) is 55.7 Å². The number of amides is 1. The Hall–Kier alpha value is -2.90. The van der Waals surface area contributed by atoms with E-state index in [0.29, 0.717) is 23.7 Å². The zero-order valence-electron chi connectivity index (χ0n) is 19.4. The van der Waals surface area contributed by atoms with E-state index in [2.05, 4.69) is 15.6 Å². The second-order valence-corrected chi connectivity index (χ2v) is 8.82. The Morgan fingerprint density at radius 2 is 1.68 bits per heavy atom. The molecule has 2 atom stereocenters. The molecule has 0 saturated heterocycles. The first kappa shape index (κ1) is 24.4. The lowest BCUT2D eigenvalue weighted by molar-refractivity contribution is -0.145. The van der Waals surface area contributed by atoms with Gasteiger partial charge in [0.05, 0.1) is 18.0 Å². The quantitative estimate of drug-likeness (QED) is 0.586. The lowest BCUT2D eigenvalue weighted by atomic mass is 10.0. The number of methoxy groups -OCH3 is 1. The van der Waals surface area contributed by atoms with E-state index in [9.17, 15) is 14.4 Å². The number of aromatic nitrogens is 1. The third-order valence-corrected chi connectivity index (χ3v) is 4.91. The number of carbonyl (C=O) groups is 2. The number of hydrogen-bond donors (Lipinski definition) is 2. The van der Waals surface area contributed by atoms with Crippen molar-refractivity contribution < 1.29 is 18.7 Å². The number of aryl methyl sites for hydroxylation is 2. The summed E-state index contributed by atoms with van der Waals surface area (Å²) in [5, 5.41) is 6.15. The van der Waals surface area contributed by atoms with E-state index in [-0.39, 0.29) is 23.8 Å². The lowest BCUT2D eigenvalue weighted by Crippen LogP contribution is -2.49. The first-order chi connectivity index (χ1) is 14.5. The monoisotopic (exact) mass is 431 g/mol. The number of rotatable bonds is 9. The van der Waals surface area contributed by atoms with Crippen LogP contribution in [0.3, 0.4) is 0 Å². The van der Waals surface area contributed by atoms with Crippen LogP contribution in [-0.4, -0.2) is 36.1 Å². The van der Waals surface area contributed by atoms with Gasteiger partial charge in [0.15, 0.2) is 0 Å². The van der Waals surface area contributed by atoms with Gasteiger partial charge in [-0.25, -0.2) is 9.59 Å². The van der Waals surface area contributed by atoms with Crippen molar-refractivity contribution in [3.05, 3.63) is 33.7 Å². The summed E-state index contributed by atoms with van der Waals surface area (Å²) < 4.78 is 10.2. The van der Waals surface area contributed by atoms with Gasteiger partial charge >= 0.3 is 11.6 Å². The molecule has 2 rings (SSSR count). The van der Waals surface area contributed by atoms with Gasteiger partial charge in [0.2, 0.25) is 5.91 Å². The van der Waals surface area contributed by atoms with Crippen molar-refractivity contribution in [1.82, 2.24) is 10.3 Å². The molecule has 31 heavy (non-hydrogen) atoms. The first-order valence-corrected chi connectivity index (χ1v) is 10.6. The molecule has 170 valence electrons. The van der Waals surface area contributed by atoms with Gasteiger partial charge in [-0.2, -0.15) is 4.98 Å². The van der Waals surface area contributed by atoms with E-state index in [1.54, 1.807) is 6.07 Å². The van der Waals surface area contributed by atoms with Gasteiger partial charge in [-0.15, -0.1) is 0 Å². The summed E-state index contributed by atoms with van der Waals surface area (Å²) in [4.78, 5) is 42.1. The summed E-state index contributed by atoms with van der Waals surface area (Å²) in [6, 6.07) is 2.18. The normalized spacial score (nSPS) is 13.3. The second kappa shape index (κ2) is 10.4. The van der Waals surface area contributed by atoms with Crippen LogP contribution >= 0.6 is 0 Å². The number of anilines is 1. The fourth-order valence-corrected chi connectivity index (χ4v) is 3.58. The molecule has 0 saturated carbocycles. The number of hydrogen-bond acceptors (Lipinski definition) is 7. The van der Waals surface area contributed by atoms with E-state index in [4.69, 9.17) is 9.15 Å². The van der Waals surface area contributed by atoms with Crippen molar-refractivity contribution in [3.8, 4) is 0 Å². The Morgan fingerprint density at radius 1 is 1.06 bits per heavy atom. The van der Waals surface area contributed by atoms with E-state index in [1.165, 1.54) is 7.11 Å². The Kier molecular flexibility index (Phi) is 8.19. The minimum atomic E-state index is -0.754. The molecule has 0 spiro atoms. The van der Waals surface area contributed by atoms with Gasteiger partial charge in [-0.3, -0.25) is 4.79 Å². The molecule has 0 aliphatic heterocycles. The smallest absolute Gasteiger partial charge is 0.348 e. The molecule has 2 aromatic rings. The first-order valence-electron chi connectivity index (χ1n) is 10.6. The molecular formula is C23H33N3O5. The van der Waals surface area contributed by atoms with Crippen LogP contribution in [0.25, 0.3) is 10.9 Å². The maximum Gasteiger partial charge on any atom is 0.348 e. The van der Waals surface area contributed by atoms with E-state index >= 15 is 0 Å². The molecule has 0 aliphatic rings. The van der Waals surface area contributed by atoms with E-state index in [1.807, 2.05) is 47.6 Å². The number of esters is 1. The fourth-order valence-electron chi connectivity index (χ4n) is 3.58. The lowest BCUT2D eigenvalue weighted by Gasteiger charge is -2.24. The number of nitrogens with zero attached hydrogens (tertiary/aromatic N) is 1. The third kappa shape index (κ3) is 6.54. The molecule has 1 aromatic carbocycles. The predicted molar refractivity (Wildman–Crippen MR) is 120 cm³/mol. The van der Waals surface area contributed by atoms with Crippen molar-refractivity contribution in [3.63, 3.8) is 0 Å². The van der Waals surface area contributed by atoms with Crippen LogP contribution in [0.5, 0.6) is 0 Å².